The third-order valence-corrected chi connectivity index (χ3v) is 7.95. The number of fused-ring (bicyclic) bond motifs is 1. The van der Waals surface area contributed by atoms with Crippen LogP contribution in [0.5, 0.6) is 0 Å². The van der Waals surface area contributed by atoms with Crippen molar-refractivity contribution in [3.8, 4) is 0 Å². The lowest BCUT2D eigenvalue weighted by Crippen LogP contribution is -2.34. The van der Waals surface area contributed by atoms with Gasteiger partial charge in [-0.05, 0) is 71.9 Å². The quantitative estimate of drug-likeness (QED) is 0.561. The Bertz CT molecular complexity index is 1160. The number of rotatable bonds is 6. The van der Waals surface area contributed by atoms with Crippen molar-refractivity contribution in [1.29, 1.82) is 0 Å². The van der Waals surface area contributed by atoms with E-state index in [-0.39, 0.29) is 22.9 Å². The van der Waals surface area contributed by atoms with Gasteiger partial charge in [0.05, 0.1) is 5.75 Å². The number of carbonyl (C=O) groups excluding carboxylic acids is 2. The smallest absolute Gasteiger partial charge is 0.251 e. The van der Waals surface area contributed by atoms with Gasteiger partial charge in [0, 0.05) is 23.0 Å². The van der Waals surface area contributed by atoms with Gasteiger partial charge in [0.15, 0.2) is 0 Å². The highest BCUT2D eigenvalue weighted by Crippen LogP contribution is 2.42. The first-order valence-electron chi connectivity index (χ1n) is 10.5. The van der Waals surface area contributed by atoms with E-state index in [2.05, 4.69) is 39.9 Å². The van der Waals surface area contributed by atoms with Gasteiger partial charge in [-0.3, -0.25) is 9.59 Å². The van der Waals surface area contributed by atoms with E-state index in [9.17, 15) is 9.59 Å². The lowest BCUT2D eigenvalue weighted by molar-refractivity contribution is -0.126. The summed E-state index contributed by atoms with van der Waals surface area (Å²) >= 11 is 3.26. The van der Waals surface area contributed by atoms with E-state index < -0.39 is 0 Å². The van der Waals surface area contributed by atoms with Gasteiger partial charge in [-0.2, -0.15) is 0 Å². The molecule has 1 unspecified atom stereocenters. The molecule has 3 aromatic rings. The van der Waals surface area contributed by atoms with E-state index in [1.165, 1.54) is 15.7 Å². The van der Waals surface area contributed by atoms with Crippen molar-refractivity contribution in [3.05, 3.63) is 70.8 Å². The number of nitrogens with zero attached hydrogens (tertiary/aromatic N) is 2. The van der Waals surface area contributed by atoms with Gasteiger partial charge in [0.2, 0.25) is 5.91 Å². The molecule has 2 aromatic heterocycles. The van der Waals surface area contributed by atoms with Crippen molar-refractivity contribution >= 4 is 50.8 Å². The van der Waals surface area contributed by atoms with Crippen LogP contribution in [-0.4, -0.2) is 32.8 Å². The summed E-state index contributed by atoms with van der Waals surface area (Å²) in [7, 11) is 0. The summed E-state index contributed by atoms with van der Waals surface area (Å²) in [5.41, 5.74) is 3.34. The number of nitrogens with one attached hydrogen (secondary N) is 1. The number of pyridine rings is 1. The zero-order chi connectivity index (χ0) is 21.2. The molecule has 2 amide bonds. The van der Waals surface area contributed by atoms with Crippen molar-refractivity contribution in [1.82, 2.24) is 9.88 Å². The minimum Gasteiger partial charge on any atom is -0.319 e. The van der Waals surface area contributed by atoms with E-state index >= 15 is 0 Å². The molecule has 0 fully saturated rings. The van der Waals surface area contributed by atoms with Gasteiger partial charge < -0.3 is 10.2 Å². The van der Waals surface area contributed by atoms with Crippen LogP contribution >= 0.6 is 23.1 Å². The fraction of sp³-hybridized carbons (Fsp3) is 0.292. The van der Waals surface area contributed by atoms with Crippen molar-refractivity contribution in [2.24, 2.45) is 0 Å². The van der Waals surface area contributed by atoms with E-state index in [1.54, 1.807) is 35.4 Å². The summed E-state index contributed by atoms with van der Waals surface area (Å²) in [6, 6.07) is 14.0. The molecule has 5 rings (SSSR count). The molecule has 0 saturated heterocycles. The Morgan fingerprint density at radius 3 is 2.97 bits per heavy atom. The highest BCUT2D eigenvalue weighted by Gasteiger charge is 2.40. The number of thiophene rings is 1. The molecule has 7 heteroatoms. The normalized spacial score (nSPS) is 18.5. The SMILES string of the molecule is O=C(CSC1C2=C(CCCC2)C(=O)N1Cc1ccc2ccsc2c1)Nc1ccccn1. The number of thioether (sulfide) groups is 1. The number of carbonyl (C=O) groups is 2. The fourth-order valence-electron chi connectivity index (χ4n) is 4.32. The molecule has 158 valence electrons. The number of hydrogen-bond acceptors (Lipinski definition) is 5. The minimum absolute atomic E-state index is 0.0729. The van der Waals surface area contributed by atoms with E-state index in [0.29, 0.717) is 12.4 Å². The van der Waals surface area contributed by atoms with Crippen LogP contribution in [0.1, 0.15) is 31.2 Å². The molecule has 1 N–H and O–H groups in total. The van der Waals surface area contributed by atoms with Crippen molar-refractivity contribution in [2.45, 2.75) is 37.6 Å². The molecule has 31 heavy (non-hydrogen) atoms. The van der Waals surface area contributed by atoms with E-state index in [0.717, 1.165) is 36.8 Å². The van der Waals surface area contributed by atoms with Crippen molar-refractivity contribution < 1.29 is 9.59 Å². The fourth-order valence-corrected chi connectivity index (χ4v) is 6.37. The molecule has 1 aromatic carbocycles. The first-order chi connectivity index (χ1) is 15.2. The predicted molar refractivity (Wildman–Crippen MR) is 127 cm³/mol. The highest BCUT2D eigenvalue weighted by atomic mass is 32.2. The van der Waals surface area contributed by atoms with E-state index in [1.807, 2.05) is 17.0 Å². The summed E-state index contributed by atoms with van der Waals surface area (Å²) in [5, 5.41) is 6.09. The van der Waals surface area contributed by atoms with Gasteiger partial charge in [0.1, 0.15) is 11.2 Å². The number of hydrogen-bond donors (Lipinski definition) is 1. The number of amides is 2. The number of anilines is 1. The highest BCUT2D eigenvalue weighted by molar-refractivity contribution is 8.00. The average molecular weight is 450 g/mol. The summed E-state index contributed by atoms with van der Waals surface area (Å²) < 4.78 is 1.24. The Morgan fingerprint density at radius 1 is 1.19 bits per heavy atom. The van der Waals surface area contributed by atoms with Crippen LogP contribution in [0.3, 0.4) is 0 Å². The van der Waals surface area contributed by atoms with Crippen molar-refractivity contribution in [2.75, 3.05) is 11.1 Å². The van der Waals surface area contributed by atoms with Crippen LogP contribution in [0, 0.1) is 0 Å². The second-order valence-corrected chi connectivity index (χ2v) is 9.88. The maximum atomic E-state index is 13.3. The lowest BCUT2D eigenvalue weighted by Gasteiger charge is -2.27. The molecule has 2 aliphatic rings. The second kappa shape index (κ2) is 8.85. The zero-order valence-electron chi connectivity index (χ0n) is 17.0. The molecular formula is C24H23N3O2S2. The number of aromatic nitrogens is 1. The lowest BCUT2D eigenvalue weighted by atomic mass is 9.94. The maximum absolute atomic E-state index is 13.3. The number of benzene rings is 1. The van der Waals surface area contributed by atoms with Gasteiger partial charge in [-0.25, -0.2) is 4.98 Å². The average Bonchev–Trinajstić information content (AvgIpc) is 3.36. The first kappa shape index (κ1) is 20.3. The molecule has 5 nitrogen and oxygen atoms in total. The molecule has 1 atom stereocenters. The standard InChI is InChI=1S/C24H23N3O2S2/c28-22(26-21-7-3-4-11-25-21)15-31-24-19-6-2-1-5-18(19)23(29)27(24)14-16-8-9-17-10-12-30-20(17)13-16/h3-4,7-13,24H,1-2,5-6,14-15H2,(H,25,26,28). The van der Waals surface area contributed by atoms with Crippen molar-refractivity contribution in [3.63, 3.8) is 0 Å². The Balaban J connectivity index is 1.33. The molecule has 1 aliphatic heterocycles. The summed E-state index contributed by atoms with van der Waals surface area (Å²) in [6.07, 6.45) is 5.63. The van der Waals surface area contributed by atoms with Gasteiger partial charge in [-0.15, -0.1) is 23.1 Å². The van der Waals surface area contributed by atoms with Crippen LogP contribution in [0.4, 0.5) is 5.82 Å². The molecule has 1 aliphatic carbocycles. The third kappa shape index (κ3) is 4.25. The van der Waals surface area contributed by atoms with Crippen LogP contribution in [0.2, 0.25) is 0 Å². The zero-order valence-corrected chi connectivity index (χ0v) is 18.7. The molecule has 0 radical (unpaired) electrons. The Hall–Kier alpha value is -2.64. The molecular weight excluding hydrogens is 426 g/mol. The largest absolute Gasteiger partial charge is 0.319 e. The topological polar surface area (TPSA) is 62.3 Å². The third-order valence-electron chi connectivity index (χ3n) is 5.79. The second-order valence-electron chi connectivity index (χ2n) is 7.86. The van der Waals surface area contributed by atoms with Gasteiger partial charge in [0.25, 0.3) is 5.91 Å². The van der Waals surface area contributed by atoms with Crippen LogP contribution in [-0.2, 0) is 16.1 Å². The Morgan fingerprint density at radius 2 is 2.10 bits per heavy atom. The van der Waals surface area contributed by atoms with Gasteiger partial charge in [-0.1, -0.05) is 18.2 Å². The molecule has 0 spiro atoms. The minimum atomic E-state index is -0.0963. The monoisotopic (exact) mass is 449 g/mol. The molecule has 0 saturated carbocycles. The Labute approximate surface area is 189 Å². The van der Waals surface area contributed by atoms with E-state index in [4.69, 9.17) is 0 Å². The summed E-state index contributed by atoms with van der Waals surface area (Å²) in [5.74, 6) is 0.880. The van der Waals surface area contributed by atoms with Crippen LogP contribution in [0.15, 0.2) is 65.2 Å². The summed E-state index contributed by atoms with van der Waals surface area (Å²) in [4.78, 5) is 31.9. The van der Waals surface area contributed by atoms with Crippen LogP contribution < -0.4 is 5.32 Å². The predicted octanol–water partition coefficient (Wildman–Crippen LogP) is 5.21. The maximum Gasteiger partial charge on any atom is 0.251 e. The Kier molecular flexibility index (Phi) is 5.78. The molecule has 3 heterocycles. The van der Waals surface area contributed by atoms with Gasteiger partial charge >= 0.3 is 0 Å². The first-order valence-corrected chi connectivity index (χ1v) is 12.4. The summed E-state index contributed by atoms with van der Waals surface area (Å²) in [6.45, 7) is 0.569. The van der Waals surface area contributed by atoms with Crippen LogP contribution in [0.25, 0.3) is 10.1 Å². The molecule has 0 bridgehead atoms.